The molecule has 2 aromatic rings. The molecule has 0 fully saturated rings. The number of anilines is 1. The van der Waals surface area contributed by atoms with E-state index in [0.717, 1.165) is 10.0 Å². The summed E-state index contributed by atoms with van der Waals surface area (Å²) in [5.41, 5.74) is 1.01. The van der Waals surface area contributed by atoms with Gasteiger partial charge in [-0.15, -0.1) is 0 Å². The number of halogens is 3. The quantitative estimate of drug-likeness (QED) is 0.702. The average Bonchev–Trinajstić information content (AvgIpc) is 2.73. The Labute approximate surface area is 153 Å². The lowest BCUT2D eigenvalue weighted by Crippen LogP contribution is -2.34. The fourth-order valence-electron chi connectivity index (χ4n) is 1.79. The summed E-state index contributed by atoms with van der Waals surface area (Å²) in [4.78, 5) is 0. The molecule has 1 aromatic carbocycles. The molecule has 0 aliphatic rings. The molecule has 1 heterocycles. The summed E-state index contributed by atoms with van der Waals surface area (Å²) in [6, 6.07) is 5.79. The van der Waals surface area contributed by atoms with Crippen LogP contribution in [0.1, 0.15) is 19.4 Å². The standard InChI is InChI=1S/C14H15BrCl2N4S/c1-8(2)18-14(22)19-13-10(15)7-21(20-13)6-9-3-4-11(16)12(17)5-9/h3-5,7-8H,6H2,1-2H3,(H2,18,19,20,22). The van der Waals surface area contributed by atoms with E-state index in [0.29, 0.717) is 27.5 Å². The van der Waals surface area contributed by atoms with Crippen molar-refractivity contribution in [3.8, 4) is 0 Å². The van der Waals surface area contributed by atoms with Crippen LogP contribution in [-0.4, -0.2) is 20.9 Å². The van der Waals surface area contributed by atoms with Crippen LogP contribution in [0.5, 0.6) is 0 Å². The number of hydrogen-bond acceptors (Lipinski definition) is 2. The fourth-order valence-corrected chi connectivity index (χ4v) is 2.86. The molecule has 1 aromatic heterocycles. The van der Waals surface area contributed by atoms with Crippen molar-refractivity contribution in [1.29, 1.82) is 0 Å². The largest absolute Gasteiger partial charge is 0.360 e. The number of hydrogen-bond donors (Lipinski definition) is 2. The normalized spacial score (nSPS) is 10.8. The van der Waals surface area contributed by atoms with Crippen LogP contribution in [0, 0.1) is 0 Å². The third-order valence-corrected chi connectivity index (χ3v) is 4.24. The highest BCUT2D eigenvalue weighted by atomic mass is 79.9. The molecule has 0 spiro atoms. The van der Waals surface area contributed by atoms with Gasteiger partial charge in [-0.2, -0.15) is 5.10 Å². The third-order valence-electron chi connectivity index (χ3n) is 2.70. The van der Waals surface area contributed by atoms with Crippen molar-refractivity contribution < 1.29 is 0 Å². The van der Waals surface area contributed by atoms with Gasteiger partial charge in [0.05, 0.1) is 21.1 Å². The lowest BCUT2D eigenvalue weighted by Gasteiger charge is -2.11. The zero-order chi connectivity index (χ0) is 16.3. The maximum Gasteiger partial charge on any atom is 0.172 e. The summed E-state index contributed by atoms with van der Waals surface area (Å²) < 4.78 is 2.63. The second-order valence-corrected chi connectivity index (χ2v) is 7.10. The fraction of sp³-hybridized carbons (Fsp3) is 0.286. The molecule has 0 amide bonds. The molecule has 22 heavy (non-hydrogen) atoms. The first-order valence-corrected chi connectivity index (χ1v) is 8.55. The van der Waals surface area contributed by atoms with Gasteiger partial charge in [0.1, 0.15) is 0 Å². The van der Waals surface area contributed by atoms with Crippen molar-refractivity contribution in [1.82, 2.24) is 15.1 Å². The van der Waals surface area contributed by atoms with Gasteiger partial charge in [0.15, 0.2) is 10.9 Å². The Kier molecular flexibility index (Phi) is 6.09. The summed E-state index contributed by atoms with van der Waals surface area (Å²) in [7, 11) is 0. The van der Waals surface area contributed by atoms with Crippen molar-refractivity contribution in [2.75, 3.05) is 5.32 Å². The van der Waals surface area contributed by atoms with Crippen LogP contribution in [0.4, 0.5) is 5.82 Å². The van der Waals surface area contributed by atoms with E-state index in [1.807, 2.05) is 32.2 Å². The smallest absolute Gasteiger partial charge is 0.172 e. The summed E-state index contributed by atoms with van der Waals surface area (Å²) >= 11 is 20.6. The first-order valence-electron chi connectivity index (χ1n) is 6.59. The molecule has 0 radical (unpaired) electrons. The predicted molar refractivity (Wildman–Crippen MR) is 100.0 cm³/mol. The van der Waals surface area contributed by atoms with Crippen LogP contribution >= 0.6 is 51.3 Å². The van der Waals surface area contributed by atoms with E-state index < -0.39 is 0 Å². The van der Waals surface area contributed by atoms with Crippen LogP contribution in [0.25, 0.3) is 0 Å². The second-order valence-electron chi connectivity index (χ2n) is 5.02. The van der Waals surface area contributed by atoms with E-state index in [-0.39, 0.29) is 6.04 Å². The Bertz CT molecular complexity index is 687. The molecule has 4 nitrogen and oxygen atoms in total. The van der Waals surface area contributed by atoms with Gasteiger partial charge >= 0.3 is 0 Å². The minimum absolute atomic E-state index is 0.261. The summed E-state index contributed by atoms with van der Waals surface area (Å²) in [6.45, 7) is 4.62. The summed E-state index contributed by atoms with van der Waals surface area (Å²) in [5, 5.41) is 12.2. The average molecular weight is 422 g/mol. The van der Waals surface area contributed by atoms with Gasteiger partial charge < -0.3 is 10.6 Å². The number of aromatic nitrogens is 2. The molecule has 0 saturated heterocycles. The number of nitrogens with zero attached hydrogens (tertiary/aromatic N) is 2. The lowest BCUT2D eigenvalue weighted by atomic mass is 10.2. The van der Waals surface area contributed by atoms with Gasteiger partial charge in [-0.25, -0.2) is 0 Å². The lowest BCUT2D eigenvalue weighted by molar-refractivity contribution is 0.689. The Balaban J connectivity index is 2.08. The second kappa shape index (κ2) is 7.64. The van der Waals surface area contributed by atoms with Crippen molar-refractivity contribution >= 4 is 62.3 Å². The van der Waals surface area contributed by atoms with Crippen molar-refractivity contribution in [2.24, 2.45) is 0 Å². The van der Waals surface area contributed by atoms with E-state index >= 15 is 0 Å². The Morgan fingerprint density at radius 3 is 2.73 bits per heavy atom. The molecular formula is C14H15BrCl2N4S. The first kappa shape index (κ1) is 17.5. The number of thiocarbonyl (C=S) groups is 1. The van der Waals surface area contributed by atoms with E-state index in [1.54, 1.807) is 10.7 Å². The topological polar surface area (TPSA) is 41.9 Å². The van der Waals surface area contributed by atoms with E-state index in [1.165, 1.54) is 0 Å². The number of rotatable bonds is 4. The highest BCUT2D eigenvalue weighted by Gasteiger charge is 2.09. The molecule has 2 N–H and O–H groups in total. The number of nitrogens with one attached hydrogen (secondary N) is 2. The molecule has 0 atom stereocenters. The molecule has 118 valence electrons. The summed E-state index contributed by atoms with van der Waals surface area (Å²) in [5.74, 6) is 0.665. The van der Waals surface area contributed by atoms with E-state index in [9.17, 15) is 0 Å². The van der Waals surface area contributed by atoms with E-state index in [2.05, 4.69) is 31.7 Å². The van der Waals surface area contributed by atoms with Gasteiger partial charge in [-0.05, 0) is 59.7 Å². The Hall–Kier alpha value is -0.820. The first-order chi connectivity index (χ1) is 10.3. The third kappa shape index (κ3) is 4.84. The van der Waals surface area contributed by atoms with Gasteiger partial charge in [-0.3, -0.25) is 4.68 Å². The molecule has 8 heteroatoms. The molecule has 0 saturated carbocycles. The predicted octanol–water partition coefficient (Wildman–Crippen LogP) is 4.70. The zero-order valence-corrected chi connectivity index (χ0v) is 15.9. The van der Waals surface area contributed by atoms with Crippen LogP contribution in [0.3, 0.4) is 0 Å². The molecule has 0 bridgehead atoms. The van der Waals surface area contributed by atoms with Crippen LogP contribution in [0.15, 0.2) is 28.9 Å². The highest BCUT2D eigenvalue weighted by molar-refractivity contribution is 9.10. The number of benzene rings is 1. The molecule has 0 aliphatic heterocycles. The van der Waals surface area contributed by atoms with Crippen molar-refractivity contribution in [2.45, 2.75) is 26.4 Å². The zero-order valence-electron chi connectivity index (χ0n) is 12.0. The highest BCUT2D eigenvalue weighted by Crippen LogP contribution is 2.24. The SMILES string of the molecule is CC(C)NC(=S)Nc1nn(Cc2ccc(Cl)c(Cl)c2)cc1Br. The molecule has 0 aliphatic carbocycles. The van der Waals surface area contributed by atoms with Crippen LogP contribution in [0.2, 0.25) is 10.0 Å². The monoisotopic (exact) mass is 420 g/mol. The molecular weight excluding hydrogens is 407 g/mol. The maximum atomic E-state index is 6.03. The van der Waals surface area contributed by atoms with E-state index in [4.69, 9.17) is 35.4 Å². The van der Waals surface area contributed by atoms with Crippen LogP contribution < -0.4 is 10.6 Å². The molecule has 2 rings (SSSR count). The van der Waals surface area contributed by atoms with Gasteiger partial charge in [0.2, 0.25) is 0 Å². The minimum atomic E-state index is 0.261. The van der Waals surface area contributed by atoms with Gasteiger partial charge in [0.25, 0.3) is 0 Å². The van der Waals surface area contributed by atoms with Crippen LogP contribution in [-0.2, 0) is 6.54 Å². The summed E-state index contributed by atoms with van der Waals surface area (Å²) in [6.07, 6.45) is 1.88. The van der Waals surface area contributed by atoms with Crippen molar-refractivity contribution in [3.63, 3.8) is 0 Å². The van der Waals surface area contributed by atoms with Crippen molar-refractivity contribution in [3.05, 3.63) is 44.5 Å². The maximum absolute atomic E-state index is 6.03. The Morgan fingerprint density at radius 2 is 2.09 bits per heavy atom. The minimum Gasteiger partial charge on any atom is -0.360 e. The van der Waals surface area contributed by atoms with Gasteiger partial charge in [-0.1, -0.05) is 29.3 Å². The molecule has 0 unspecified atom stereocenters. The Morgan fingerprint density at radius 1 is 1.36 bits per heavy atom. The van der Waals surface area contributed by atoms with Gasteiger partial charge in [0, 0.05) is 12.2 Å².